The molecule has 0 spiro atoms. The lowest BCUT2D eigenvalue weighted by Gasteiger charge is -2.09. The number of benzene rings is 2. The molecule has 0 heterocycles. The molecule has 0 aliphatic rings. The van der Waals surface area contributed by atoms with E-state index >= 15 is 0 Å². The summed E-state index contributed by atoms with van der Waals surface area (Å²) >= 11 is 14.9. The molecule has 0 aliphatic carbocycles. The van der Waals surface area contributed by atoms with Gasteiger partial charge in [-0.15, -0.1) is 0 Å². The first-order valence-corrected chi connectivity index (χ1v) is 7.15. The van der Waals surface area contributed by atoms with E-state index < -0.39 is 16.5 Å². The van der Waals surface area contributed by atoms with Crippen LogP contribution in [0, 0.1) is 10.1 Å². The minimum Gasteiger partial charge on any atom is -0.321 e. The number of carbonyl (C=O) groups excluding carboxylic acids is 1. The van der Waals surface area contributed by atoms with Crippen molar-refractivity contribution in [1.29, 1.82) is 0 Å². The van der Waals surface area contributed by atoms with E-state index in [9.17, 15) is 14.9 Å². The quantitative estimate of drug-likeness (QED) is 0.598. The molecule has 0 saturated carbocycles. The van der Waals surface area contributed by atoms with E-state index in [2.05, 4.69) is 21.2 Å². The molecular formula is C13H7BrCl2N2O3. The molecule has 0 radical (unpaired) electrons. The summed E-state index contributed by atoms with van der Waals surface area (Å²) in [5, 5.41) is 13.9. The second-order valence-corrected chi connectivity index (χ2v) is 5.56. The van der Waals surface area contributed by atoms with Gasteiger partial charge in [-0.25, -0.2) is 0 Å². The fourth-order valence-corrected chi connectivity index (χ4v) is 2.46. The molecule has 0 fully saturated rings. The summed E-state index contributed by atoms with van der Waals surface area (Å²) in [5.74, 6) is -0.646. The van der Waals surface area contributed by atoms with Crippen LogP contribution in [0.25, 0.3) is 0 Å². The van der Waals surface area contributed by atoms with Gasteiger partial charge < -0.3 is 5.32 Å². The number of para-hydroxylation sites is 1. The van der Waals surface area contributed by atoms with Crippen molar-refractivity contribution in [2.45, 2.75) is 0 Å². The summed E-state index contributed by atoms with van der Waals surface area (Å²) in [7, 11) is 0. The molecule has 0 bridgehead atoms. The van der Waals surface area contributed by atoms with Crippen molar-refractivity contribution in [3.63, 3.8) is 0 Å². The lowest BCUT2D eigenvalue weighted by atomic mass is 10.1. The Morgan fingerprint density at radius 1 is 1.14 bits per heavy atom. The summed E-state index contributed by atoms with van der Waals surface area (Å²) in [6.07, 6.45) is 0. The fourth-order valence-electron chi connectivity index (χ4n) is 1.67. The molecule has 2 aromatic rings. The normalized spacial score (nSPS) is 10.2. The third kappa shape index (κ3) is 3.34. The Morgan fingerprint density at radius 3 is 2.43 bits per heavy atom. The Morgan fingerprint density at radius 2 is 1.76 bits per heavy atom. The van der Waals surface area contributed by atoms with Gasteiger partial charge in [-0.3, -0.25) is 14.9 Å². The lowest BCUT2D eigenvalue weighted by molar-refractivity contribution is -0.385. The molecule has 0 unspecified atom stereocenters. The van der Waals surface area contributed by atoms with Crippen molar-refractivity contribution in [3.8, 4) is 0 Å². The number of carbonyl (C=O) groups is 1. The van der Waals surface area contributed by atoms with Gasteiger partial charge in [-0.1, -0.05) is 35.3 Å². The highest BCUT2D eigenvalue weighted by Gasteiger charge is 2.24. The molecule has 8 heteroatoms. The van der Waals surface area contributed by atoms with Crippen molar-refractivity contribution in [1.82, 2.24) is 0 Å². The largest absolute Gasteiger partial charge is 0.321 e. The Balaban J connectivity index is 2.40. The van der Waals surface area contributed by atoms with Crippen LogP contribution < -0.4 is 5.32 Å². The van der Waals surface area contributed by atoms with Crippen LogP contribution >= 0.6 is 39.1 Å². The highest BCUT2D eigenvalue weighted by molar-refractivity contribution is 9.10. The molecule has 0 aliphatic heterocycles. The molecule has 1 amide bonds. The van der Waals surface area contributed by atoms with Crippen molar-refractivity contribution in [2.75, 3.05) is 5.32 Å². The second-order valence-electron chi connectivity index (χ2n) is 3.95. The first-order valence-electron chi connectivity index (χ1n) is 5.60. The number of hydrogen-bond acceptors (Lipinski definition) is 3. The molecule has 0 saturated heterocycles. The van der Waals surface area contributed by atoms with E-state index in [1.807, 2.05) is 0 Å². The third-order valence-electron chi connectivity index (χ3n) is 2.61. The number of nitrogens with zero attached hydrogens (tertiary/aromatic N) is 1. The zero-order chi connectivity index (χ0) is 15.6. The summed E-state index contributed by atoms with van der Waals surface area (Å²) in [6, 6.07) is 9.06. The fraction of sp³-hybridized carbons (Fsp3) is 0. The van der Waals surface area contributed by atoms with Crippen molar-refractivity contribution in [2.24, 2.45) is 0 Å². The van der Waals surface area contributed by atoms with Crippen LogP contribution in [-0.4, -0.2) is 10.8 Å². The molecule has 108 valence electrons. The van der Waals surface area contributed by atoms with Gasteiger partial charge in [0.05, 0.1) is 20.1 Å². The Bertz CT molecular complexity index is 737. The predicted octanol–water partition coefficient (Wildman–Crippen LogP) is 4.92. The minimum atomic E-state index is -0.690. The van der Waals surface area contributed by atoms with E-state index in [4.69, 9.17) is 23.2 Å². The van der Waals surface area contributed by atoms with Crippen LogP contribution in [0.15, 0.2) is 40.9 Å². The SMILES string of the molecule is O=C(Nc1cccc(Cl)c1Br)c1cccc(Cl)c1[N+](=O)[O-]. The zero-order valence-corrected chi connectivity index (χ0v) is 13.4. The number of hydrogen-bond donors (Lipinski definition) is 1. The van der Waals surface area contributed by atoms with Gasteiger partial charge in [-0.05, 0) is 40.2 Å². The van der Waals surface area contributed by atoms with Crippen molar-refractivity contribution in [3.05, 3.63) is 66.6 Å². The number of amides is 1. The zero-order valence-electron chi connectivity index (χ0n) is 10.3. The van der Waals surface area contributed by atoms with E-state index in [0.717, 1.165) is 0 Å². The average molecular weight is 390 g/mol. The number of nitro groups is 1. The van der Waals surface area contributed by atoms with Gasteiger partial charge in [0.2, 0.25) is 0 Å². The lowest BCUT2D eigenvalue weighted by Crippen LogP contribution is -2.14. The average Bonchev–Trinajstić information content (AvgIpc) is 2.43. The topological polar surface area (TPSA) is 72.2 Å². The Kier molecular flexibility index (Phi) is 4.82. The number of halogens is 3. The maximum absolute atomic E-state index is 12.2. The standard InChI is InChI=1S/C13H7BrCl2N2O3/c14-11-8(15)4-2-6-10(11)17-13(19)7-3-1-5-9(16)12(7)18(20)21/h1-6H,(H,17,19). The van der Waals surface area contributed by atoms with E-state index in [0.29, 0.717) is 15.2 Å². The first-order chi connectivity index (χ1) is 9.91. The molecule has 2 rings (SSSR count). The Labute approximate surface area is 138 Å². The number of nitrogens with one attached hydrogen (secondary N) is 1. The first kappa shape index (κ1) is 15.8. The predicted molar refractivity (Wildman–Crippen MR) is 85.2 cm³/mol. The van der Waals surface area contributed by atoms with Gasteiger partial charge in [0.25, 0.3) is 5.91 Å². The van der Waals surface area contributed by atoms with Crippen LogP contribution in [0.1, 0.15) is 10.4 Å². The number of nitro benzene ring substituents is 1. The second kappa shape index (κ2) is 6.43. The summed E-state index contributed by atoms with van der Waals surface area (Å²) in [6.45, 7) is 0. The summed E-state index contributed by atoms with van der Waals surface area (Å²) < 4.78 is 0.490. The molecule has 0 aromatic heterocycles. The maximum atomic E-state index is 12.2. The molecule has 2 aromatic carbocycles. The van der Waals surface area contributed by atoms with Crippen LogP contribution in [0.5, 0.6) is 0 Å². The molecule has 0 atom stereocenters. The summed E-state index contributed by atoms with van der Waals surface area (Å²) in [4.78, 5) is 22.6. The van der Waals surface area contributed by atoms with E-state index in [1.165, 1.54) is 18.2 Å². The van der Waals surface area contributed by atoms with Crippen molar-refractivity contribution >= 4 is 56.4 Å². The highest BCUT2D eigenvalue weighted by Crippen LogP contribution is 2.32. The maximum Gasteiger partial charge on any atom is 0.300 e. The molecule has 1 N–H and O–H groups in total. The van der Waals surface area contributed by atoms with Crippen LogP contribution in [0.2, 0.25) is 10.0 Å². The van der Waals surface area contributed by atoms with E-state index in [1.54, 1.807) is 18.2 Å². The molecule has 5 nitrogen and oxygen atoms in total. The molecule has 21 heavy (non-hydrogen) atoms. The van der Waals surface area contributed by atoms with Gasteiger partial charge in [0.15, 0.2) is 0 Å². The van der Waals surface area contributed by atoms with Crippen LogP contribution in [0.4, 0.5) is 11.4 Å². The number of rotatable bonds is 3. The molecular weight excluding hydrogens is 383 g/mol. The monoisotopic (exact) mass is 388 g/mol. The van der Waals surface area contributed by atoms with Crippen molar-refractivity contribution < 1.29 is 9.72 Å². The smallest absolute Gasteiger partial charge is 0.300 e. The van der Waals surface area contributed by atoms with Gasteiger partial charge in [-0.2, -0.15) is 0 Å². The third-order valence-corrected chi connectivity index (χ3v) is 4.32. The van der Waals surface area contributed by atoms with E-state index in [-0.39, 0.29) is 10.6 Å². The van der Waals surface area contributed by atoms with Gasteiger partial charge >= 0.3 is 5.69 Å². The number of anilines is 1. The Hall–Kier alpha value is -1.63. The van der Waals surface area contributed by atoms with Gasteiger partial charge in [0, 0.05) is 0 Å². The van der Waals surface area contributed by atoms with Crippen LogP contribution in [0.3, 0.4) is 0 Å². The summed E-state index contributed by atoms with van der Waals surface area (Å²) in [5.41, 5.74) is -0.157. The minimum absolute atomic E-state index is 0.0993. The van der Waals surface area contributed by atoms with Crippen LogP contribution in [-0.2, 0) is 0 Å². The van der Waals surface area contributed by atoms with Gasteiger partial charge in [0.1, 0.15) is 10.6 Å². The highest BCUT2D eigenvalue weighted by atomic mass is 79.9.